The molecule has 3 aromatic rings. The molecule has 0 saturated carbocycles. The number of carbonyl (C=O) groups is 1. The lowest BCUT2D eigenvalue weighted by atomic mass is 9.95. The van der Waals surface area contributed by atoms with E-state index in [2.05, 4.69) is 40.1 Å². The highest BCUT2D eigenvalue weighted by Crippen LogP contribution is 2.43. The Morgan fingerprint density at radius 1 is 1.23 bits per heavy atom. The van der Waals surface area contributed by atoms with Gasteiger partial charge >= 0.3 is 5.97 Å². The summed E-state index contributed by atoms with van der Waals surface area (Å²) in [6.07, 6.45) is 2.72. The second-order valence-electron chi connectivity index (χ2n) is 8.98. The monoisotopic (exact) mass is 634 g/mol. The van der Waals surface area contributed by atoms with E-state index >= 15 is 0 Å². The number of carbonyl (C=O) groups excluding carboxylic acids is 1. The lowest BCUT2D eigenvalue weighted by molar-refractivity contribution is -0.139. The van der Waals surface area contributed by atoms with E-state index in [4.69, 9.17) is 30.9 Å². The number of unbranched alkanes of at least 4 members (excludes halogenated alkanes) is 1. The number of benzene rings is 2. The van der Waals surface area contributed by atoms with E-state index in [1.54, 1.807) is 23.6 Å². The molecule has 0 fully saturated rings. The first-order valence-electron chi connectivity index (χ1n) is 12.9. The fourth-order valence-corrected chi connectivity index (χ4v) is 5.60. The lowest BCUT2D eigenvalue weighted by Gasteiger charge is -2.29. The van der Waals surface area contributed by atoms with Gasteiger partial charge in [-0.15, -0.1) is 5.10 Å². The lowest BCUT2D eigenvalue weighted by Crippen LogP contribution is -2.30. The van der Waals surface area contributed by atoms with Gasteiger partial charge in [0.2, 0.25) is 11.1 Å². The van der Waals surface area contributed by atoms with Gasteiger partial charge in [-0.25, -0.2) is 9.48 Å². The molecule has 1 aromatic heterocycles. The Morgan fingerprint density at radius 3 is 2.74 bits per heavy atom. The first-order valence-corrected chi connectivity index (χ1v) is 15.0. The molecule has 0 saturated heterocycles. The first-order chi connectivity index (χ1) is 18.9. The number of allylic oxidation sites excluding steroid dienone is 1. The molecule has 1 aliphatic heterocycles. The molecule has 208 valence electrons. The molecule has 0 amide bonds. The second kappa shape index (κ2) is 13.6. The highest BCUT2D eigenvalue weighted by atomic mass is 79.9. The third kappa shape index (κ3) is 6.73. The van der Waals surface area contributed by atoms with Gasteiger partial charge < -0.3 is 19.5 Å². The summed E-state index contributed by atoms with van der Waals surface area (Å²) in [6, 6.07) is 10.7. The summed E-state index contributed by atoms with van der Waals surface area (Å²) in [5.41, 5.74) is 2.76. The number of methoxy groups -OCH3 is 1. The van der Waals surface area contributed by atoms with Crippen molar-refractivity contribution in [2.24, 2.45) is 0 Å². The summed E-state index contributed by atoms with van der Waals surface area (Å²) in [5.74, 6) is 2.10. The largest absolute Gasteiger partial charge is 0.493 e. The van der Waals surface area contributed by atoms with Crippen molar-refractivity contribution in [2.45, 2.75) is 57.8 Å². The molecule has 0 bridgehead atoms. The van der Waals surface area contributed by atoms with Gasteiger partial charge in [0.25, 0.3) is 0 Å². The zero-order chi connectivity index (χ0) is 27.9. The average Bonchev–Trinajstić information content (AvgIpc) is 3.33. The van der Waals surface area contributed by atoms with Crippen molar-refractivity contribution >= 4 is 51.2 Å². The van der Waals surface area contributed by atoms with Crippen LogP contribution in [0.4, 0.5) is 5.95 Å². The highest BCUT2D eigenvalue weighted by Gasteiger charge is 2.36. The number of halogens is 2. The summed E-state index contributed by atoms with van der Waals surface area (Å²) in [4.78, 5) is 18.1. The highest BCUT2D eigenvalue weighted by molar-refractivity contribution is 9.10. The van der Waals surface area contributed by atoms with Crippen molar-refractivity contribution < 1.29 is 19.0 Å². The van der Waals surface area contributed by atoms with Crippen LogP contribution >= 0.6 is 39.3 Å². The van der Waals surface area contributed by atoms with Gasteiger partial charge in [0, 0.05) is 22.0 Å². The number of nitrogens with zero attached hydrogens (tertiary/aromatic N) is 3. The van der Waals surface area contributed by atoms with Crippen LogP contribution in [0.3, 0.4) is 0 Å². The average molecular weight is 636 g/mol. The molecule has 8 nitrogen and oxygen atoms in total. The van der Waals surface area contributed by atoms with Crippen LogP contribution in [0.15, 0.2) is 57.3 Å². The van der Waals surface area contributed by atoms with Crippen molar-refractivity contribution in [2.75, 3.05) is 24.8 Å². The Labute approximate surface area is 246 Å². The van der Waals surface area contributed by atoms with Gasteiger partial charge in [0.05, 0.1) is 23.8 Å². The summed E-state index contributed by atoms with van der Waals surface area (Å²) >= 11 is 11.6. The number of fused-ring (bicyclic) bond motifs is 1. The number of ether oxygens (including phenoxy) is 3. The minimum Gasteiger partial charge on any atom is -0.493 e. The number of rotatable bonds is 12. The van der Waals surface area contributed by atoms with Crippen LogP contribution in [0.5, 0.6) is 11.5 Å². The Bertz CT molecular complexity index is 1360. The number of hydrogen-bond donors (Lipinski definition) is 1. The van der Waals surface area contributed by atoms with Crippen LogP contribution in [-0.4, -0.2) is 40.2 Å². The van der Waals surface area contributed by atoms with Crippen molar-refractivity contribution in [3.63, 3.8) is 0 Å². The number of thioether (sulfide) groups is 1. The van der Waals surface area contributed by atoms with Gasteiger partial charge in [0.1, 0.15) is 12.6 Å². The predicted molar refractivity (Wildman–Crippen MR) is 158 cm³/mol. The van der Waals surface area contributed by atoms with E-state index in [0.717, 1.165) is 36.1 Å². The molecular weight excluding hydrogens is 604 g/mol. The van der Waals surface area contributed by atoms with Crippen LogP contribution in [0.25, 0.3) is 0 Å². The summed E-state index contributed by atoms with van der Waals surface area (Å²) < 4.78 is 19.9. The van der Waals surface area contributed by atoms with Crippen LogP contribution in [-0.2, 0) is 16.1 Å². The van der Waals surface area contributed by atoms with Crippen LogP contribution in [0.1, 0.15) is 57.2 Å². The Morgan fingerprint density at radius 2 is 2.03 bits per heavy atom. The van der Waals surface area contributed by atoms with Gasteiger partial charge in [-0.05, 0) is 59.5 Å². The van der Waals surface area contributed by atoms with E-state index in [1.807, 2.05) is 43.3 Å². The summed E-state index contributed by atoms with van der Waals surface area (Å²) in [5, 5.41) is 9.28. The molecule has 0 aliphatic carbocycles. The van der Waals surface area contributed by atoms with Crippen LogP contribution in [0.2, 0.25) is 5.02 Å². The molecule has 2 heterocycles. The zero-order valence-corrected chi connectivity index (χ0v) is 25.6. The maximum absolute atomic E-state index is 13.4. The van der Waals surface area contributed by atoms with Gasteiger partial charge in [-0.2, -0.15) is 4.98 Å². The van der Waals surface area contributed by atoms with Crippen LogP contribution < -0.4 is 14.8 Å². The maximum Gasteiger partial charge on any atom is 0.338 e. The minimum absolute atomic E-state index is 0.264. The molecule has 1 unspecified atom stereocenters. The molecule has 0 radical (unpaired) electrons. The summed E-state index contributed by atoms with van der Waals surface area (Å²) in [7, 11) is 1.58. The minimum atomic E-state index is -0.582. The normalized spacial score (nSPS) is 14.6. The third-order valence-electron chi connectivity index (χ3n) is 6.12. The fourth-order valence-electron chi connectivity index (χ4n) is 4.15. The molecule has 1 aliphatic rings. The Kier molecular flexibility index (Phi) is 10.2. The smallest absolute Gasteiger partial charge is 0.338 e. The number of esters is 1. The van der Waals surface area contributed by atoms with Crippen molar-refractivity contribution in [3.8, 4) is 11.5 Å². The number of anilines is 1. The fraction of sp³-hybridized carbons (Fsp3) is 0.393. The SMILES string of the molecule is CCCCOC(=O)C1=C(C)Nc2nc(SCCC)nn2C1c1cc(Br)c(OCc2ccccc2Cl)c(OC)c1. The molecular formula is C28H32BrClN4O4S. The van der Waals surface area contributed by atoms with Crippen LogP contribution in [0, 0.1) is 0 Å². The topological polar surface area (TPSA) is 87.5 Å². The molecule has 4 rings (SSSR count). The van der Waals surface area contributed by atoms with E-state index in [1.165, 1.54) is 0 Å². The Hall–Kier alpha value is -2.69. The molecule has 1 atom stereocenters. The number of hydrogen-bond acceptors (Lipinski definition) is 8. The van der Waals surface area contributed by atoms with E-state index in [9.17, 15) is 4.79 Å². The molecule has 11 heteroatoms. The molecule has 39 heavy (non-hydrogen) atoms. The van der Waals surface area contributed by atoms with Gasteiger partial charge in [-0.3, -0.25) is 0 Å². The number of aromatic nitrogens is 3. The molecule has 0 spiro atoms. The number of nitrogens with one attached hydrogen (secondary N) is 1. The molecule has 2 aromatic carbocycles. The van der Waals surface area contributed by atoms with Crippen molar-refractivity contribution in [1.82, 2.24) is 14.8 Å². The second-order valence-corrected chi connectivity index (χ2v) is 11.3. The Balaban J connectivity index is 1.74. The van der Waals surface area contributed by atoms with Crippen molar-refractivity contribution in [1.29, 1.82) is 0 Å². The van der Waals surface area contributed by atoms with Crippen molar-refractivity contribution in [3.05, 3.63) is 68.3 Å². The third-order valence-corrected chi connectivity index (χ3v) is 8.12. The predicted octanol–water partition coefficient (Wildman–Crippen LogP) is 7.42. The van der Waals surface area contributed by atoms with Gasteiger partial charge in [-0.1, -0.05) is 61.8 Å². The van der Waals surface area contributed by atoms with Gasteiger partial charge in [0.15, 0.2) is 11.5 Å². The van der Waals surface area contributed by atoms with E-state index < -0.39 is 12.0 Å². The van der Waals surface area contributed by atoms with E-state index in [-0.39, 0.29) is 6.61 Å². The standard InChI is InChI=1S/C28H32BrClN4O4S/c1-5-7-12-37-26(35)23-17(3)31-27-32-28(39-13-6-2)33-34(27)24(23)19-14-20(29)25(22(15-19)36-4)38-16-18-10-8-9-11-21(18)30/h8-11,14-15,24H,5-7,12-13,16H2,1-4H3,(H,31,32,33). The first kappa shape index (κ1) is 29.3. The zero-order valence-electron chi connectivity index (χ0n) is 22.4. The quantitative estimate of drug-likeness (QED) is 0.125. The molecule has 1 N–H and O–H groups in total. The summed E-state index contributed by atoms with van der Waals surface area (Å²) in [6.45, 7) is 6.63. The maximum atomic E-state index is 13.4. The van der Waals surface area contributed by atoms with E-state index in [0.29, 0.717) is 50.0 Å².